The van der Waals surface area contributed by atoms with Crippen molar-refractivity contribution < 1.29 is 9.84 Å². The number of halogens is 1. The van der Waals surface area contributed by atoms with Crippen molar-refractivity contribution in [3.8, 4) is 0 Å². The standard InChI is InChI=1S/C13H17ClO2S/c14-11-5-1-2-6-13(11)17-9-12(15)10-4-3-7-16-8-10/h1-2,5-6,10,12,15H,3-4,7-9H2. The van der Waals surface area contributed by atoms with Gasteiger partial charge in [-0.25, -0.2) is 0 Å². The summed E-state index contributed by atoms with van der Waals surface area (Å²) in [4.78, 5) is 1.03. The largest absolute Gasteiger partial charge is 0.392 e. The Bertz CT molecular complexity index is 353. The molecule has 0 radical (unpaired) electrons. The molecule has 1 aliphatic heterocycles. The van der Waals surface area contributed by atoms with Crippen LogP contribution in [0, 0.1) is 5.92 Å². The molecule has 4 heteroatoms. The van der Waals surface area contributed by atoms with Crippen molar-refractivity contribution in [2.24, 2.45) is 5.92 Å². The van der Waals surface area contributed by atoms with Crippen LogP contribution < -0.4 is 0 Å². The predicted molar refractivity (Wildman–Crippen MR) is 71.7 cm³/mol. The Labute approximate surface area is 111 Å². The highest BCUT2D eigenvalue weighted by molar-refractivity contribution is 7.99. The second kappa shape index (κ2) is 6.64. The molecule has 0 spiro atoms. The Morgan fingerprint density at radius 3 is 3.00 bits per heavy atom. The van der Waals surface area contributed by atoms with Crippen LogP contribution in [0.2, 0.25) is 5.02 Å². The molecule has 0 bridgehead atoms. The van der Waals surface area contributed by atoms with Crippen LogP contribution in [-0.2, 0) is 4.74 Å². The van der Waals surface area contributed by atoms with Crippen molar-refractivity contribution in [3.63, 3.8) is 0 Å². The molecule has 1 aromatic rings. The first-order valence-electron chi connectivity index (χ1n) is 5.90. The lowest BCUT2D eigenvalue weighted by Gasteiger charge is -2.26. The summed E-state index contributed by atoms with van der Waals surface area (Å²) in [6, 6.07) is 7.74. The summed E-state index contributed by atoms with van der Waals surface area (Å²) in [5.41, 5.74) is 0. The monoisotopic (exact) mass is 272 g/mol. The fraction of sp³-hybridized carbons (Fsp3) is 0.538. The van der Waals surface area contributed by atoms with Crippen molar-refractivity contribution in [2.75, 3.05) is 19.0 Å². The number of aliphatic hydroxyl groups is 1. The molecular weight excluding hydrogens is 256 g/mol. The van der Waals surface area contributed by atoms with Gasteiger partial charge in [0.25, 0.3) is 0 Å². The van der Waals surface area contributed by atoms with Gasteiger partial charge < -0.3 is 9.84 Å². The van der Waals surface area contributed by atoms with Gasteiger partial charge in [0.05, 0.1) is 17.7 Å². The van der Waals surface area contributed by atoms with Crippen molar-refractivity contribution in [1.82, 2.24) is 0 Å². The second-order valence-electron chi connectivity index (χ2n) is 4.29. The fourth-order valence-corrected chi connectivity index (χ4v) is 3.24. The number of ether oxygens (including phenoxy) is 1. The molecule has 1 heterocycles. The summed E-state index contributed by atoms with van der Waals surface area (Å²) in [7, 11) is 0. The Kier molecular flexibility index (Phi) is 5.16. The van der Waals surface area contributed by atoms with E-state index in [2.05, 4.69) is 0 Å². The maximum absolute atomic E-state index is 10.1. The van der Waals surface area contributed by atoms with Crippen LogP contribution in [0.5, 0.6) is 0 Å². The maximum atomic E-state index is 10.1. The summed E-state index contributed by atoms with van der Waals surface area (Å²) in [6.07, 6.45) is 1.81. The van der Waals surface area contributed by atoms with Gasteiger partial charge in [-0.05, 0) is 25.0 Å². The molecule has 94 valence electrons. The molecule has 2 nitrogen and oxygen atoms in total. The maximum Gasteiger partial charge on any atom is 0.0684 e. The van der Waals surface area contributed by atoms with Gasteiger partial charge in [-0.2, -0.15) is 0 Å². The minimum absolute atomic E-state index is 0.277. The molecule has 1 aromatic carbocycles. The van der Waals surface area contributed by atoms with Gasteiger partial charge in [-0.1, -0.05) is 23.7 Å². The SMILES string of the molecule is OC(CSc1ccccc1Cl)C1CCCOC1. The Morgan fingerprint density at radius 1 is 1.47 bits per heavy atom. The smallest absolute Gasteiger partial charge is 0.0684 e. The van der Waals surface area contributed by atoms with E-state index in [1.165, 1.54) is 0 Å². The Morgan fingerprint density at radius 2 is 2.29 bits per heavy atom. The van der Waals surface area contributed by atoms with Gasteiger partial charge in [0.1, 0.15) is 0 Å². The molecule has 2 rings (SSSR count). The molecule has 1 aliphatic rings. The number of thioether (sulfide) groups is 1. The third kappa shape index (κ3) is 3.88. The van der Waals surface area contributed by atoms with E-state index in [9.17, 15) is 5.11 Å². The summed E-state index contributed by atoms with van der Waals surface area (Å²) < 4.78 is 5.38. The Balaban J connectivity index is 1.83. The first-order chi connectivity index (χ1) is 8.27. The van der Waals surface area contributed by atoms with E-state index in [0.717, 1.165) is 29.4 Å². The van der Waals surface area contributed by atoms with Crippen LogP contribution in [0.15, 0.2) is 29.2 Å². The highest BCUT2D eigenvalue weighted by Gasteiger charge is 2.22. The molecule has 0 saturated carbocycles. The van der Waals surface area contributed by atoms with Gasteiger partial charge >= 0.3 is 0 Å². The second-order valence-corrected chi connectivity index (χ2v) is 5.76. The van der Waals surface area contributed by atoms with Crippen LogP contribution in [0.4, 0.5) is 0 Å². The average molecular weight is 273 g/mol. The zero-order chi connectivity index (χ0) is 12.1. The van der Waals surface area contributed by atoms with Crippen LogP contribution in [0.1, 0.15) is 12.8 Å². The van der Waals surface area contributed by atoms with Gasteiger partial charge in [-0.3, -0.25) is 0 Å². The molecule has 1 fully saturated rings. The molecule has 0 aromatic heterocycles. The average Bonchev–Trinajstić information content (AvgIpc) is 2.38. The molecule has 1 N–H and O–H groups in total. The lowest BCUT2D eigenvalue weighted by molar-refractivity contribution is -0.0000390. The summed E-state index contributed by atoms with van der Waals surface area (Å²) >= 11 is 7.68. The molecule has 0 aliphatic carbocycles. The van der Waals surface area contributed by atoms with Crippen LogP contribution in [-0.4, -0.2) is 30.2 Å². The molecule has 2 unspecified atom stereocenters. The quantitative estimate of drug-likeness (QED) is 0.854. The number of hydrogen-bond acceptors (Lipinski definition) is 3. The van der Waals surface area contributed by atoms with E-state index >= 15 is 0 Å². The fourth-order valence-electron chi connectivity index (χ4n) is 1.94. The van der Waals surface area contributed by atoms with E-state index in [4.69, 9.17) is 16.3 Å². The van der Waals surface area contributed by atoms with Crippen LogP contribution >= 0.6 is 23.4 Å². The van der Waals surface area contributed by atoms with E-state index in [0.29, 0.717) is 12.4 Å². The summed E-state index contributed by atoms with van der Waals surface area (Å²) in [5, 5.41) is 10.8. The third-order valence-electron chi connectivity index (χ3n) is 2.99. The minimum Gasteiger partial charge on any atom is -0.392 e. The molecule has 0 amide bonds. The molecule has 2 atom stereocenters. The minimum atomic E-state index is -0.309. The highest BCUT2D eigenvalue weighted by Crippen LogP contribution is 2.29. The zero-order valence-corrected chi connectivity index (χ0v) is 11.2. The molecule has 1 saturated heterocycles. The number of hydrogen-bond donors (Lipinski definition) is 1. The van der Waals surface area contributed by atoms with Crippen molar-refractivity contribution >= 4 is 23.4 Å². The van der Waals surface area contributed by atoms with Gasteiger partial charge in [-0.15, -0.1) is 11.8 Å². The van der Waals surface area contributed by atoms with Crippen molar-refractivity contribution in [3.05, 3.63) is 29.3 Å². The number of benzene rings is 1. The summed E-state index contributed by atoms with van der Waals surface area (Å²) in [6.45, 7) is 1.52. The topological polar surface area (TPSA) is 29.5 Å². The lowest BCUT2D eigenvalue weighted by atomic mass is 9.97. The van der Waals surface area contributed by atoms with Crippen molar-refractivity contribution in [1.29, 1.82) is 0 Å². The first kappa shape index (κ1) is 13.2. The normalized spacial score (nSPS) is 22.4. The predicted octanol–water partition coefficient (Wildman–Crippen LogP) is 3.22. The summed E-state index contributed by atoms with van der Waals surface area (Å²) in [5.74, 6) is 0.955. The third-order valence-corrected chi connectivity index (χ3v) is 4.60. The van der Waals surface area contributed by atoms with Gasteiger partial charge in [0.15, 0.2) is 0 Å². The van der Waals surface area contributed by atoms with E-state index in [1.807, 2.05) is 24.3 Å². The van der Waals surface area contributed by atoms with E-state index < -0.39 is 0 Å². The van der Waals surface area contributed by atoms with E-state index in [1.54, 1.807) is 11.8 Å². The van der Waals surface area contributed by atoms with Crippen LogP contribution in [0.25, 0.3) is 0 Å². The molecular formula is C13H17ClO2S. The van der Waals surface area contributed by atoms with Crippen molar-refractivity contribution in [2.45, 2.75) is 23.8 Å². The number of aliphatic hydroxyl groups excluding tert-OH is 1. The lowest BCUT2D eigenvalue weighted by Crippen LogP contribution is -2.30. The van der Waals surface area contributed by atoms with Gasteiger partial charge in [0, 0.05) is 23.2 Å². The first-order valence-corrected chi connectivity index (χ1v) is 7.27. The number of rotatable bonds is 4. The Hall–Kier alpha value is -0.220. The van der Waals surface area contributed by atoms with Crippen LogP contribution in [0.3, 0.4) is 0 Å². The molecule has 17 heavy (non-hydrogen) atoms. The zero-order valence-electron chi connectivity index (χ0n) is 9.64. The van der Waals surface area contributed by atoms with E-state index in [-0.39, 0.29) is 12.0 Å². The van der Waals surface area contributed by atoms with Gasteiger partial charge in [0.2, 0.25) is 0 Å². The highest BCUT2D eigenvalue weighted by atomic mass is 35.5.